The number of carbonyl (C=O) groups excluding carboxylic acids is 1. The lowest BCUT2D eigenvalue weighted by Crippen LogP contribution is -2.39. The van der Waals surface area contributed by atoms with Crippen molar-refractivity contribution < 1.29 is 4.79 Å². The molecule has 5 nitrogen and oxygen atoms in total. The summed E-state index contributed by atoms with van der Waals surface area (Å²) in [6.07, 6.45) is 8.61. The van der Waals surface area contributed by atoms with Crippen LogP contribution in [0.15, 0.2) is 42.9 Å². The van der Waals surface area contributed by atoms with Crippen molar-refractivity contribution >= 4 is 16.8 Å². The van der Waals surface area contributed by atoms with Gasteiger partial charge < -0.3 is 9.47 Å². The Labute approximate surface area is 147 Å². The molecular weight excluding hydrogens is 312 g/mol. The maximum absolute atomic E-state index is 13.0. The number of hydrogen-bond acceptors (Lipinski definition) is 2. The van der Waals surface area contributed by atoms with Gasteiger partial charge in [-0.3, -0.25) is 9.48 Å². The summed E-state index contributed by atoms with van der Waals surface area (Å²) in [6.45, 7) is 3.69. The standard InChI is InChI=1S/C20H24N4O/c1-15-11-21-23(12-15)14-17-6-5-9-24(17)20(25)10-16-13-22(2)19-8-4-3-7-18(16)19/h3-4,7-8,11-13,17H,5-6,9-10,14H2,1-2H3/t17-/m0/s1. The molecule has 0 N–H and O–H groups in total. The highest BCUT2D eigenvalue weighted by Crippen LogP contribution is 2.24. The fraction of sp³-hybridized carbons (Fsp3) is 0.400. The minimum atomic E-state index is 0.225. The van der Waals surface area contributed by atoms with Gasteiger partial charge in [0.2, 0.25) is 5.91 Å². The molecule has 0 radical (unpaired) electrons. The van der Waals surface area contributed by atoms with Crippen LogP contribution < -0.4 is 0 Å². The van der Waals surface area contributed by atoms with Gasteiger partial charge in [-0.25, -0.2) is 0 Å². The first-order valence-corrected chi connectivity index (χ1v) is 8.93. The second kappa shape index (κ2) is 6.39. The third-order valence-corrected chi connectivity index (χ3v) is 5.18. The highest BCUT2D eigenvalue weighted by Gasteiger charge is 2.29. The molecule has 4 rings (SSSR count). The van der Waals surface area contributed by atoms with Crippen LogP contribution in [-0.2, 0) is 24.8 Å². The Hall–Kier alpha value is -2.56. The zero-order valence-electron chi connectivity index (χ0n) is 14.9. The van der Waals surface area contributed by atoms with Crippen molar-refractivity contribution in [3.63, 3.8) is 0 Å². The largest absolute Gasteiger partial charge is 0.350 e. The topological polar surface area (TPSA) is 43.1 Å². The van der Waals surface area contributed by atoms with Gasteiger partial charge in [0, 0.05) is 36.9 Å². The van der Waals surface area contributed by atoms with Crippen LogP contribution in [0.3, 0.4) is 0 Å². The molecule has 3 heterocycles. The summed E-state index contributed by atoms with van der Waals surface area (Å²) in [5.41, 5.74) is 3.45. The number of rotatable bonds is 4. The fourth-order valence-electron chi connectivity index (χ4n) is 3.97. The Morgan fingerprint density at radius 3 is 2.92 bits per heavy atom. The Morgan fingerprint density at radius 2 is 2.12 bits per heavy atom. The zero-order chi connectivity index (χ0) is 17.4. The predicted octanol–water partition coefficient (Wildman–Crippen LogP) is 2.92. The van der Waals surface area contributed by atoms with E-state index in [0.29, 0.717) is 6.42 Å². The zero-order valence-corrected chi connectivity index (χ0v) is 14.9. The molecule has 1 aromatic carbocycles. The maximum atomic E-state index is 13.0. The molecule has 0 unspecified atom stereocenters. The van der Waals surface area contributed by atoms with Crippen molar-refractivity contribution in [3.8, 4) is 0 Å². The first-order valence-electron chi connectivity index (χ1n) is 8.93. The van der Waals surface area contributed by atoms with E-state index in [1.807, 2.05) is 43.2 Å². The van der Waals surface area contributed by atoms with Crippen LogP contribution in [0.25, 0.3) is 10.9 Å². The number of likely N-dealkylation sites (tertiary alicyclic amines) is 1. The highest BCUT2D eigenvalue weighted by molar-refractivity contribution is 5.89. The number of para-hydroxylation sites is 1. The summed E-state index contributed by atoms with van der Waals surface area (Å²) >= 11 is 0. The van der Waals surface area contributed by atoms with E-state index in [1.54, 1.807) is 0 Å². The smallest absolute Gasteiger partial charge is 0.227 e. The summed E-state index contributed by atoms with van der Waals surface area (Å²) in [6, 6.07) is 8.53. The second-order valence-corrected chi connectivity index (χ2v) is 7.08. The van der Waals surface area contributed by atoms with E-state index in [4.69, 9.17) is 0 Å². The number of benzene rings is 1. The first kappa shape index (κ1) is 15.9. The molecule has 0 saturated carbocycles. The van der Waals surface area contributed by atoms with Gasteiger partial charge in [0.05, 0.1) is 25.2 Å². The molecule has 5 heteroatoms. The van der Waals surface area contributed by atoms with Gasteiger partial charge in [0.25, 0.3) is 0 Å². The number of aromatic nitrogens is 3. The van der Waals surface area contributed by atoms with Gasteiger partial charge in [0.15, 0.2) is 0 Å². The molecular formula is C20H24N4O. The first-order chi connectivity index (χ1) is 12.1. The predicted molar refractivity (Wildman–Crippen MR) is 98.3 cm³/mol. The average Bonchev–Trinajstić information content (AvgIpc) is 3.29. The molecule has 0 spiro atoms. The minimum absolute atomic E-state index is 0.225. The fourth-order valence-corrected chi connectivity index (χ4v) is 3.97. The molecule has 1 saturated heterocycles. The number of amides is 1. The van der Waals surface area contributed by atoms with Crippen LogP contribution in [0.4, 0.5) is 0 Å². The van der Waals surface area contributed by atoms with Gasteiger partial charge in [-0.2, -0.15) is 5.10 Å². The normalized spacial score (nSPS) is 17.5. The minimum Gasteiger partial charge on any atom is -0.350 e. The molecule has 0 aliphatic carbocycles. The summed E-state index contributed by atoms with van der Waals surface area (Å²) in [5, 5.41) is 5.55. The van der Waals surface area contributed by atoms with Crippen LogP contribution >= 0.6 is 0 Å². The summed E-state index contributed by atoms with van der Waals surface area (Å²) in [5.74, 6) is 0.225. The van der Waals surface area contributed by atoms with Gasteiger partial charge in [-0.05, 0) is 37.0 Å². The van der Waals surface area contributed by atoms with Gasteiger partial charge in [-0.1, -0.05) is 18.2 Å². The Bertz CT molecular complexity index is 907. The molecule has 0 bridgehead atoms. The number of carbonyl (C=O) groups is 1. The van der Waals surface area contributed by atoms with E-state index in [0.717, 1.165) is 37.1 Å². The average molecular weight is 336 g/mol. The molecule has 1 atom stereocenters. The van der Waals surface area contributed by atoms with Crippen LogP contribution in [0.2, 0.25) is 0 Å². The summed E-state index contributed by atoms with van der Waals surface area (Å²) in [4.78, 5) is 15.0. The van der Waals surface area contributed by atoms with Crippen LogP contribution in [0, 0.1) is 6.92 Å². The number of nitrogens with zero attached hydrogens (tertiary/aromatic N) is 4. The Morgan fingerprint density at radius 1 is 1.28 bits per heavy atom. The van der Waals surface area contributed by atoms with Crippen molar-refractivity contribution in [1.29, 1.82) is 0 Å². The van der Waals surface area contributed by atoms with Crippen molar-refractivity contribution in [2.45, 2.75) is 38.8 Å². The van der Waals surface area contributed by atoms with E-state index >= 15 is 0 Å². The summed E-state index contributed by atoms with van der Waals surface area (Å²) < 4.78 is 4.06. The molecule has 1 aliphatic heterocycles. The second-order valence-electron chi connectivity index (χ2n) is 7.08. The third-order valence-electron chi connectivity index (χ3n) is 5.18. The van der Waals surface area contributed by atoms with E-state index < -0.39 is 0 Å². The third kappa shape index (κ3) is 3.06. The van der Waals surface area contributed by atoms with E-state index in [-0.39, 0.29) is 11.9 Å². The molecule has 1 amide bonds. The number of aryl methyl sites for hydroxylation is 2. The molecule has 2 aromatic heterocycles. The number of hydrogen-bond donors (Lipinski definition) is 0. The maximum Gasteiger partial charge on any atom is 0.227 e. The van der Waals surface area contributed by atoms with E-state index in [9.17, 15) is 4.79 Å². The Kier molecular flexibility index (Phi) is 4.07. The molecule has 1 aliphatic rings. The quantitative estimate of drug-likeness (QED) is 0.735. The SMILES string of the molecule is Cc1cnn(C[C@@H]2CCCN2C(=O)Cc2cn(C)c3ccccc23)c1. The summed E-state index contributed by atoms with van der Waals surface area (Å²) in [7, 11) is 2.04. The van der Waals surface area contributed by atoms with Crippen molar-refractivity contribution in [2.24, 2.45) is 7.05 Å². The lowest BCUT2D eigenvalue weighted by molar-refractivity contribution is -0.131. The van der Waals surface area contributed by atoms with Gasteiger partial charge in [-0.15, -0.1) is 0 Å². The monoisotopic (exact) mass is 336 g/mol. The van der Waals surface area contributed by atoms with Gasteiger partial charge in [0.1, 0.15) is 0 Å². The van der Waals surface area contributed by atoms with E-state index in [1.165, 1.54) is 10.9 Å². The highest BCUT2D eigenvalue weighted by atomic mass is 16.2. The lowest BCUT2D eigenvalue weighted by Gasteiger charge is -2.24. The van der Waals surface area contributed by atoms with Crippen LogP contribution in [0.5, 0.6) is 0 Å². The number of fused-ring (bicyclic) bond motifs is 1. The molecule has 25 heavy (non-hydrogen) atoms. The Balaban J connectivity index is 1.51. The molecule has 1 fully saturated rings. The van der Waals surface area contributed by atoms with E-state index in [2.05, 4.69) is 32.9 Å². The molecule has 130 valence electrons. The molecule has 3 aromatic rings. The van der Waals surface area contributed by atoms with Crippen LogP contribution in [0.1, 0.15) is 24.0 Å². The van der Waals surface area contributed by atoms with Gasteiger partial charge >= 0.3 is 0 Å². The van der Waals surface area contributed by atoms with Crippen molar-refractivity contribution in [1.82, 2.24) is 19.2 Å². The van der Waals surface area contributed by atoms with Crippen molar-refractivity contribution in [2.75, 3.05) is 6.54 Å². The lowest BCUT2D eigenvalue weighted by atomic mass is 10.1. The van der Waals surface area contributed by atoms with Crippen LogP contribution in [-0.4, -0.2) is 37.7 Å². The van der Waals surface area contributed by atoms with Crippen molar-refractivity contribution in [3.05, 3.63) is 54.0 Å².